The van der Waals surface area contributed by atoms with E-state index in [1.165, 1.54) is 6.39 Å². The molecular formula is C7H7NO4P+. The Morgan fingerprint density at radius 1 is 1.31 bits per heavy atom. The van der Waals surface area contributed by atoms with E-state index < -0.39 is 8.25 Å². The van der Waals surface area contributed by atoms with Gasteiger partial charge < -0.3 is 4.42 Å². The second-order valence-corrected chi connectivity index (χ2v) is 2.58. The quantitative estimate of drug-likeness (QED) is 0.629. The van der Waals surface area contributed by atoms with Crippen LogP contribution in [0.4, 0.5) is 0 Å². The van der Waals surface area contributed by atoms with E-state index in [4.69, 9.17) is 18.8 Å². The molecule has 6 heteroatoms. The summed E-state index contributed by atoms with van der Waals surface area (Å²) in [5.74, 6) is 0. The van der Waals surface area contributed by atoms with E-state index in [1.54, 1.807) is 0 Å². The highest BCUT2D eigenvalue weighted by molar-refractivity contribution is 7.30. The minimum atomic E-state index is -2.87. The lowest BCUT2D eigenvalue weighted by atomic mass is 10.3. The second-order valence-electron chi connectivity index (χ2n) is 2.07. The SMILES string of the molecule is O=[P+](O)O.c1ccc2ocnc2c1. The predicted octanol–water partition coefficient (Wildman–Crippen LogP) is 1.46. The van der Waals surface area contributed by atoms with Crippen LogP contribution < -0.4 is 0 Å². The number of hydrogen-bond acceptors (Lipinski definition) is 3. The Kier molecular flexibility index (Phi) is 3.52. The van der Waals surface area contributed by atoms with Crippen LogP contribution >= 0.6 is 8.25 Å². The fourth-order valence-corrected chi connectivity index (χ4v) is 0.803. The molecule has 0 fully saturated rings. The van der Waals surface area contributed by atoms with Gasteiger partial charge in [-0.2, -0.15) is 0 Å². The molecule has 0 amide bonds. The number of hydrogen-bond donors (Lipinski definition) is 2. The maximum absolute atomic E-state index is 8.70. The molecule has 0 unspecified atom stereocenters. The van der Waals surface area contributed by atoms with E-state index in [9.17, 15) is 0 Å². The third-order valence-electron chi connectivity index (χ3n) is 1.24. The van der Waals surface area contributed by atoms with Crippen molar-refractivity contribution >= 4 is 19.4 Å². The van der Waals surface area contributed by atoms with Gasteiger partial charge in [0.2, 0.25) is 0 Å². The van der Waals surface area contributed by atoms with Gasteiger partial charge in [0.1, 0.15) is 5.52 Å². The lowest BCUT2D eigenvalue weighted by Gasteiger charge is -1.79. The Morgan fingerprint density at radius 2 is 1.92 bits per heavy atom. The summed E-state index contributed by atoms with van der Waals surface area (Å²) < 4.78 is 13.7. The van der Waals surface area contributed by atoms with E-state index in [-0.39, 0.29) is 0 Å². The van der Waals surface area contributed by atoms with Gasteiger partial charge in [-0.1, -0.05) is 12.1 Å². The van der Waals surface area contributed by atoms with Gasteiger partial charge in [-0.05, 0) is 12.1 Å². The van der Waals surface area contributed by atoms with Crippen LogP contribution in [0.25, 0.3) is 11.1 Å². The fraction of sp³-hybridized carbons (Fsp3) is 0. The summed E-state index contributed by atoms with van der Waals surface area (Å²) in [7, 11) is -2.87. The van der Waals surface area contributed by atoms with Crippen molar-refractivity contribution in [3.05, 3.63) is 30.7 Å². The molecule has 1 aromatic heterocycles. The minimum Gasteiger partial charge on any atom is -0.443 e. The molecule has 1 aromatic carbocycles. The Bertz CT molecular complexity index is 366. The number of fused-ring (bicyclic) bond motifs is 1. The van der Waals surface area contributed by atoms with E-state index in [2.05, 4.69) is 4.98 Å². The normalized spacial score (nSPS) is 9.08. The summed E-state index contributed by atoms with van der Waals surface area (Å²) in [4.78, 5) is 18.2. The topological polar surface area (TPSA) is 83.6 Å². The maximum atomic E-state index is 8.70. The molecule has 13 heavy (non-hydrogen) atoms. The number of oxazole rings is 1. The largest absolute Gasteiger partial charge is 0.692 e. The molecule has 0 aliphatic heterocycles. The number of nitrogens with zero attached hydrogens (tertiary/aromatic N) is 1. The third kappa shape index (κ3) is 3.29. The molecular weight excluding hydrogens is 193 g/mol. The van der Waals surface area contributed by atoms with Gasteiger partial charge in [-0.3, -0.25) is 0 Å². The molecule has 2 N–H and O–H groups in total. The Morgan fingerprint density at radius 3 is 2.54 bits per heavy atom. The van der Waals surface area contributed by atoms with Crippen LogP contribution in [-0.4, -0.2) is 14.8 Å². The number of para-hydroxylation sites is 2. The fourth-order valence-electron chi connectivity index (χ4n) is 0.803. The molecule has 1 heterocycles. The summed E-state index contributed by atoms with van der Waals surface area (Å²) in [6, 6.07) is 7.67. The first-order valence-electron chi connectivity index (χ1n) is 3.33. The van der Waals surface area contributed by atoms with Crippen molar-refractivity contribution in [2.45, 2.75) is 0 Å². The molecule has 2 rings (SSSR count). The molecule has 0 aliphatic carbocycles. The van der Waals surface area contributed by atoms with Crippen LogP contribution in [-0.2, 0) is 4.57 Å². The van der Waals surface area contributed by atoms with Crippen LogP contribution in [0.1, 0.15) is 0 Å². The molecule has 0 aliphatic rings. The average Bonchev–Trinajstić information content (AvgIpc) is 2.49. The van der Waals surface area contributed by atoms with Crippen molar-refractivity contribution in [1.82, 2.24) is 4.98 Å². The van der Waals surface area contributed by atoms with Gasteiger partial charge >= 0.3 is 8.25 Å². The molecule has 2 aromatic rings. The predicted molar refractivity (Wildman–Crippen MR) is 46.1 cm³/mol. The summed E-state index contributed by atoms with van der Waals surface area (Å²) in [5.41, 5.74) is 1.76. The zero-order chi connectivity index (χ0) is 9.68. The zero-order valence-electron chi connectivity index (χ0n) is 6.49. The van der Waals surface area contributed by atoms with Crippen molar-refractivity contribution in [3.8, 4) is 0 Å². The Labute approximate surface area is 74.6 Å². The molecule has 0 atom stereocenters. The summed E-state index contributed by atoms with van der Waals surface area (Å²) in [6.07, 6.45) is 1.45. The van der Waals surface area contributed by atoms with Gasteiger partial charge in [0, 0.05) is 4.57 Å². The third-order valence-corrected chi connectivity index (χ3v) is 1.24. The molecule has 68 valence electrons. The van der Waals surface area contributed by atoms with Crippen molar-refractivity contribution < 1.29 is 18.8 Å². The summed E-state index contributed by atoms with van der Waals surface area (Å²) >= 11 is 0. The highest BCUT2D eigenvalue weighted by Crippen LogP contribution is 2.09. The van der Waals surface area contributed by atoms with Gasteiger partial charge in [0.25, 0.3) is 0 Å². The lowest BCUT2D eigenvalue weighted by Crippen LogP contribution is -1.61. The smallest absolute Gasteiger partial charge is 0.443 e. The van der Waals surface area contributed by atoms with Crippen LogP contribution in [0, 0.1) is 0 Å². The van der Waals surface area contributed by atoms with Crippen LogP contribution in [0.3, 0.4) is 0 Å². The molecule has 5 nitrogen and oxygen atoms in total. The van der Waals surface area contributed by atoms with Crippen LogP contribution in [0.5, 0.6) is 0 Å². The monoisotopic (exact) mass is 200 g/mol. The van der Waals surface area contributed by atoms with E-state index in [0.717, 1.165) is 11.1 Å². The zero-order valence-corrected chi connectivity index (χ0v) is 7.39. The first kappa shape index (κ1) is 9.80. The van der Waals surface area contributed by atoms with Crippen molar-refractivity contribution in [3.63, 3.8) is 0 Å². The van der Waals surface area contributed by atoms with Crippen molar-refractivity contribution in [2.75, 3.05) is 0 Å². The Hall–Kier alpha value is -1.29. The van der Waals surface area contributed by atoms with Gasteiger partial charge in [-0.15, -0.1) is 9.79 Å². The van der Waals surface area contributed by atoms with E-state index in [0.29, 0.717) is 0 Å². The van der Waals surface area contributed by atoms with E-state index >= 15 is 0 Å². The lowest BCUT2D eigenvalue weighted by molar-refractivity contribution is 0.405. The molecule has 0 spiro atoms. The molecule has 0 bridgehead atoms. The highest BCUT2D eigenvalue weighted by atomic mass is 31.1. The summed E-state index contributed by atoms with van der Waals surface area (Å²) in [6.45, 7) is 0. The van der Waals surface area contributed by atoms with Crippen molar-refractivity contribution in [2.24, 2.45) is 0 Å². The highest BCUT2D eigenvalue weighted by Gasteiger charge is 1.93. The molecule has 0 saturated carbocycles. The van der Waals surface area contributed by atoms with Crippen LogP contribution in [0.15, 0.2) is 35.1 Å². The van der Waals surface area contributed by atoms with Gasteiger partial charge in [0.05, 0.1) is 0 Å². The average molecular weight is 200 g/mol. The number of aromatic nitrogens is 1. The molecule has 0 radical (unpaired) electrons. The Balaban J connectivity index is 0.000000184. The molecule has 0 saturated heterocycles. The second kappa shape index (κ2) is 4.67. The van der Waals surface area contributed by atoms with Gasteiger partial charge in [0.15, 0.2) is 12.0 Å². The summed E-state index contributed by atoms with van der Waals surface area (Å²) in [5, 5.41) is 0. The number of rotatable bonds is 0. The van der Waals surface area contributed by atoms with Crippen molar-refractivity contribution in [1.29, 1.82) is 0 Å². The van der Waals surface area contributed by atoms with Crippen LogP contribution in [0.2, 0.25) is 0 Å². The minimum absolute atomic E-state index is 0.845. The van der Waals surface area contributed by atoms with Gasteiger partial charge in [-0.25, -0.2) is 4.98 Å². The first-order valence-corrected chi connectivity index (χ1v) is 4.50. The van der Waals surface area contributed by atoms with E-state index in [1.807, 2.05) is 24.3 Å². The standard InChI is InChI=1S/C7H5NO.HO3P/c1-2-4-7-6(3-1)8-5-9-7;1-4(2)3/h1-5H;(H-,1,2,3)/p+1. The number of benzene rings is 1. The maximum Gasteiger partial charge on any atom is 0.692 e. The first-order chi connectivity index (χ1) is 6.20.